The van der Waals surface area contributed by atoms with Gasteiger partial charge in [0.05, 0.1) is 12.2 Å². The summed E-state index contributed by atoms with van der Waals surface area (Å²) in [7, 11) is 0. The Bertz CT molecular complexity index is 427. The summed E-state index contributed by atoms with van der Waals surface area (Å²) in [4.78, 5) is 11.8. The normalized spacial score (nSPS) is 10.8. The van der Waals surface area contributed by atoms with Crippen LogP contribution >= 0.6 is 23.2 Å². The van der Waals surface area contributed by atoms with Crippen molar-refractivity contribution in [2.45, 2.75) is 20.3 Å². The smallest absolute Gasteiger partial charge is 0.254 e. The van der Waals surface area contributed by atoms with Gasteiger partial charge in [0.2, 0.25) is 0 Å². The summed E-state index contributed by atoms with van der Waals surface area (Å²) in [5.41, 5.74) is 0.212. The molecule has 0 aliphatic carbocycles. The van der Waals surface area contributed by atoms with Gasteiger partial charge in [-0.05, 0) is 18.4 Å². The second kappa shape index (κ2) is 8.30. The summed E-state index contributed by atoms with van der Waals surface area (Å²) in [6, 6.07) is 1.38. The van der Waals surface area contributed by atoms with Gasteiger partial charge in [-0.15, -0.1) is 10.2 Å². The van der Waals surface area contributed by atoms with Crippen molar-refractivity contribution in [2.24, 2.45) is 5.92 Å². The Kier molecular flexibility index (Phi) is 7.05. The zero-order valence-corrected chi connectivity index (χ0v) is 12.5. The van der Waals surface area contributed by atoms with Crippen molar-refractivity contribution in [1.82, 2.24) is 15.5 Å². The first-order valence-corrected chi connectivity index (χ1v) is 6.81. The number of carbonyl (C=O) groups excluding carboxylic acids is 1. The van der Waals surface area contributed by atoms with E-state index < -0.39 is 0 Å². The maximum atomic E-state index is 11.8. The van der Waals surface area contributed by atoms with Crippen molar-refractivity contribution in [3.05, 3.63) is 21.9 Å². The fourth-order valence-corrected chi connectivity index (χ4v) is 1.59. The van der Waals surface area contributed by atoms with Gasteiger partial charge in [-0.25, -0.2) is 0 Å². The summed E-state index contributed by atoms with van der Waals surface area (Å²) in [5, 5.41) is 9.94. The van der Waals surface area contributed by atoms with Gasteiger partial charge in [0.15, 0.2) is 10.3 Å². The highest BCUT2D eigenvalue weighted by atomic mass is 35.5. The molecule has 1 rings (SSSR count). The molecule has 1 aromatic heterocycles. The van der Waals surface area contributed by atoms with E-state index in [0.29, 0.717) is 25.7 Å². The van der Waals surface area contributed by atoms with Crippen LogP contribution in [0.25, 0.3) is 0 Å². The zero-order chi connectivity index (χ0) is 14.3. The number of carbonyl (C=O) groups is 1. The minimum Gasteiger partial charge on any atom is -0.380 e. The highest BCUT2D eigenvalue weighted by molar-refractivity contribution is 6.34. The van der Waals surface area contributed by atoms with Crippen LogP contribution < -0.4 is 5.32 Å². The Morgan fingerprint density at radius 2 is 2.11 bits per heavy atom. The molecule has 0 unspecified atom stereocenters. The van der Waals surface area contributed by atoms with E-state index in [0.717, 1.165) is 6.42 Å². The first kappa shape index (κ1) is 16.1. The first-order valence-electron chi connectivity index (χ1n) is 6.05. The van der Waals surface area contributed by atoms with Crippen molar-refractivity contribution in [3.63, 3.8) is 0 Å². The van der Waals surface area contributed by atoms with Gasteiger partial charge >= 0.3 is 0 Å². The lowest BCUT2D eigenvalue weighted by molar-refractivity contribution is 0.0905. The number of ether oxygens (including phenoxy) is 1. The van der Waals surface area contributed by atoms with E-state index in [9.17, 15) is 4.79 Å². The average molecular weight is 306 g/mol. The van der Waals surface area contributed by atoms with Gasteiger partial charge in [0, 0.05) is 13.2 Å². The number of amides is 1. The van der Waals surface area contributed by atoms with E-state index in [1.807, 2.05) is 0 Å². The molecule has 0 atom stereocenters. The molecule has 0 saturated carbocycles. The number of rotatable bonds is 7. The highest BCUT2D eigenvalue weighted by Gasteiger charge is 2.12. The van der Waals surface area contributed by atoms with Crippen LogP contribution in [-0.4, -0.2) is 35.9 Å². The minimum atomic E-state index is -0.339. The Morgan fingerprint density at radius 3 is 2.79 bits per heavy atom. The third kappa shape index (κ3) is 6.18. The topological polar surface area (TPSA) is 64.1 Å². The molecule has 1 amide bonds. The van der Waals surface area contributed by atoms with Gasteiger partial charge in [0.25, 0.3) is 5.91 Å². The summed E-state index contributed by atoms with van der Waals surface area (Å²) < 4.78 is 5.38. The number of nitrogens with one attached hydrogen (secondary N) is 1. The number of hydrogen-bond acceptors (Lipinski definition) is 4. The molecule has 0 radical (unpaired) electrons. The van der Waals surface area contributed by atoms with Crippen LogP contribution in [0.1, 0.15) is 30.6 Å². The second-order valence-electron chi connectivity index (χ2n) is 4.42. The number of halogens is 2. The lowest BCUT2D eigenvalue weighted by Gasteiger charge is -2.08. The quantitative estimate of drug-likeness (QED) is 0.786. The molecule has 7 heteroatoms. The fourth-order valence-electron chi connectivity index (χ4n) is 1.27. The molecule has 0 aliphatic heterocycles. The average Bonchev–Trinajstić information content (AvgIpc) is 2.36. The van der Waals surface area contributed by atoms with Gasteiger partial charge in [-0.3, -0.25) is 4.79 Å². The first-order chi connectivity index (χ1) is 9.00. The summed E-state index contributed by atoms with van der Waals surface area (Å²) in [6.45, 7) is 5.83. The van der Waals surface area contributed by atoms with Gasteiger partial charge in [-0.2, -0.15) is 0 Å². The van der Waals surface area contributed by atoms with Crippen LogP contribution in [0, 0.1) is 5.92 Å². The van der Waals surface area contributed by atoms with E-state index in [1.54, 1.807) is 0 Å². The molecule has 5 nitrogen and oxygen atoms in total. The highest BCUT2D eigenvalue weighted by Crippen LogP contribution is 2.14. The Labute approximate surface area is 122 Å². The zero-order valence-electron chi connectivity index (χ0n) is 10.9. The largest absolute Gasteiger partial charge is 0.380 e. The van der Waals surface area contributed by atoms with Crippen LogP contribution in [0.3, 0.4) is 0 Å². The maximum absolute atomic E-state index is 11.8. The summed E-state index contributed by atoms with van der Waals surface area (Å²) >= 11 is 11.4. The molecule has 0 spiro atoms. The van der Waals surface area contributed by atoms with Crippen LogP contribution in [-0.2, 0) is 4.74 Å². The number of nitrogens with zero attached hydrogens (tertiary/aromatic N) is 2. The van der Waals surface area contributed by atoms with Crippen LogP contribution in [0.5, 0.6) is 0 Å². The molecule has 0 saturated heterocycles. The van der Waals surface area contributed by atoms with Gasteiger partial charge < -0.3 is 10.1 Å². The van der Waals surface area contributed by atoms with E-state index in [2.05, 4.69) is 29.4 Å². The van der Waals surface area contributed by atoms with Crippen molar-refractivity contribution in [2.75, 3.05) is 19.8 Å². The molecular formula is C12H17Cl2N3O2. The minimum absolute atomic E-state index is 0.0302. The Morgan fingerprint density at radius 1 is 1.37 bits per heavy atom. The number of aromatic nitrogens is 2. The van der Waals surface area contributed by atoms with Crippen molar-refractivity contribution in [1.29, 1.82) is 0 Å². The molecule has 0 aromatic carbocycles. The van der Waals surface area contributed by atoms with Crippen LogP contribution in [0.2, 0.25) is 10.3 Å². The van der Waals surface area contributed by atoms with E-state index in [1.165, 1.54) is 6.07 Å². The van der Waals surface area contributed by atoms with Crippen molar-refractivity contribution >= 4 is 29.1 Å². The SMILES string of the molecule is CC(C)CCOCCNC(=O)c1cc(Cl)nnc1Cl. The van der Waals surface area contributed by atoms with Crippen LogP contribution in [0.15, 0.2) is 6.07 Å². The van der Waals surface area contributed by atoms with E-state index in [-0.39, 0.29) is 21.8 Å². The fraction of sp³-hybridized carbons (Fsp3) is 0.583. The van der Waals surface area contributed by atoms with E-state index in [4.69, 9.17) is 27.9 Å². The predicted octanol–water partition coefficient (Wildman–Crippen LogP) is 2.58. The molecule has 1 aromatic rings. The predicted molar refractivity (Wildman–Crippen MR) is 74.7 cm³/mol. The number of hydrogen-bond donors (Lipinski definition) is 1. The summed E-state index contributed by atoms with van der Waals surface area (Å²) in [5.74, 6) is 0.271. The van der Waals surface area contributed by atoms with Crippen molar-refractivity contribution < 1.29 is 9.53 Å². The van der Waals surface area contributed by atoms with Crippen molar-refractivity contribution in [3.8, 4) is 0 Å². The molecular weight excluding hydrogens is 289 g/mol. The lowest BCUT2D eigenvalue weighted by Crippen LogP contribution is -2.28. The Hall–Kier alpha value is -0.910. The molecule has 19 heavy (non-hydrogen) atoms. The molecule has 1 N–H and O–H groups in total. The Balaban J connectivity index is 2.29. The molecule has 0 fully saturated rings. The standard InChI is InChI=1S/C12H17Cl2N3O2/c1-8(2)3-5-19-6-4-15-12(18)9-7-10(13)16-17-11(9)14/h7-8H,3-6H2,1-2H3,(H,15,18). The van der Waals surface area contributed by atoms with Crippen LogP contribution in [0.4, 0.5) is 0 Å². The maximum Gasteiger partial charge on any atom is 0.254 e. The molecule has 1 heterocycles. The summed E-state index contributed by atoms with van der Waals surface area (Å²) in [6.07, 6.45) is 1.00. The molecule has 106 valence electrons. The van der Waals surface area contributed by atoms with E-state index >= 15 is 0 Å². The monoisotopic (exact) mass is 305 g/mol. The third-order valence-corrected chi connectivity index (χ3v) is 2.80. The van der Waals surface area contributed by atoms with Gasteiger partial charge in [-0.1, -0.05) is 37.0 Å². The second-order valence-corrected chi connectivity index (χ2v) is 5.17. The molecule has 0 aliphatic rings. The molecule has 0 bridgehead atoms. The third-order valence-electron chi connectivity index (χ3n) is 2.34. The lowest BCUT2D eigenvalue weighted by atomic mass is 10.1. The van der Waals surface area contributed by atoms with Gasteiger partial charge in [0.1, 0.15) is 0 Å².